The SMILES string of the molecule is CCCCN(CCCC)c1nc(C(C)(C)C(C)C)c(C=O)s1.CCCCN(CCCC)c1nc(C(C)(C)CC2CCCCC2)c(C=O)s1. The zero-order valence-electron chi connectivity index (χ0n) is 32.5. The first-order chi connectivity index (χ1) is 22.9. The maximum Gasteiger partial charge on any atom is 0.186 e. The minimum atomic E-state index is -0.0772. The number of aldehydes is 2. The van der Waals surface area contributed by atoms with Crippen molar-refractivity contribution in [3.63, 3.8) is 0 Å². The Hall–Kier alpha value is -1.80. The molecular weight excluding hydrogens is 633 g/mol. The Balaban J connectivity index is 0.000000339. The van der Waals surface area contributed by atoms with Crippen LogP contribution >= 0.6 is 22.7 Å². The first-order valence-corrected chi connectivity index (χ1v) is 21.0. The highest BCUT2D eigenvalue weighted by atomic mass is 32.1. The molecule has 0 bridgehead atoms. The number of carbonyl (C=O) groups excluding carboxylic acids is 2. The van der Waals surface area contributed by atoms with E-state index in [9.17, 15) is 9.59 Å². The molecule has 8 heteroatoms. The van der Waals surface area contributed by atoms with E-state index < -0.39 is 0 Å². The minimum Gasteiger partial charge on any atom is -0.348 e. The highest BCUT2D eigenvalue weighted by Gasteiger charge is 2.33. The molecule has 2 aromatic rings. The van der Waals surface area contributed by atoms with Crippen LogP contribution < -0.4 is 9.80 Å². The third-order valence-corrected chi connectivity index (χ3v) is 12.5. The Labute approximate surface area is 302 Å². The fourth-order valence-electron chi connectivity index (χ4n) is 6.50. The summed E-state index contributed by atoms with van der Waals surface area (Å²) >= 11 is 3.16. The van der Waals surface area contributed by atoms with Crippen LogP contribution in [-0.4, -0.2) is 48.7 Å². The van der Waals surface area contributed by atoms with Gasteiger partial charge in [-0.3, -0.25) is 9.59 Å². The van der Waals surface area contributed by atoms with Crippen LogP contribution in [0.25, 0.3) is 0 Å². The summed E-state index contributed by atoms with van der Waals surface area (Å²) in [4.78, 5) is 39.6. The summed E-state index contributed by atoms with van der Waals surface area (Å²) in [6.45, 7) is 26.4. The molecule has 1 fully saturated rings. The fourth-order valence-corrected chi connectivity index (χ4v) is 8.71. The molecule has 0 N–H and O–H groups in total. The zero-order valence-corrected chi connectivity index (χ0v) is 34.1. The van der Waals surface area contributed by atoms with Crippen molar-refractivity contribution in [2.45, 2.75) is 170 Å². The van der Waals surface area contributed by atoms with Gasteiger partial charge in [-0.15, -0.1) is 0 Å². The molecule has 0 atom stereocenters. The monoisotopic (exact) mass is 702 g/mol. The first kappa shape index (κ1) is 42.4. The maximum absolute atomic E-state index is 11.8. The topological polar surface area (TPSA) is 66.4 Å². The van der Waals surface area contributed by atoms with Crippen LogP contribution in [0.15, 0.2) is 0 Å². The van der Waals surface area contributed by atoms with Crippen molar-refractivity contribution in [1.29, 1.82) is 0 Å². The number of carbonyl (C=O) groups is 2. The number of unbranched alkanes of at least 4 members (excludes halogenated alkanes) is 4. The lowest BCUT2D eigenvalue weighted by molar-refractivity contribution is 0.111. The van der Waals surface area contributed by atoms with Gasteiger partial charge in [0.25, 0.3) is 0 Å². The summed E-state index contributed by atoms with van der Waals surface area (Å²) < 4.78 is 0. The minimum absolute atomic E-state index is 0.0197. The highest BCUT2D eigenvalue weighted by molar-refractivity contribution is 7.17. The molecule has 1 aliphatic carbocycles. The highest BCUT2D eigenvalue weighted by Crippen LogP contribution is 2.41. The number of thiazole rings is 2. The number of aromatic nitrogens is 2. The standard InChI is InChI=1S/C22H38N2OS.C18H32N2OS/c1-5-7-14-24(15-8-6-2)21-23-20(19(17-25)26-21)22(3,4)16-18-12-10-9-11-13-18;1-7-9-11-20(12-10-8-2)17-19-16(15(13-21)22-17)18(5,6)14(3)4/h17-18H,5-16H2,1-4H3;13-14H,7-12H2,1-6H3. The van der Waals surface area contributed by atoms with E-state index in [1.54, 1.807) is 22.7 Å². The molecule has 0 unspecified atom stereocenters. The number of rotatable bonds is 21. The van der Waals surface area contributed by atoms with E-state index in [1.165, 1.54) is 83.5 Å². The van der Waals surface area contributed by atoms with E-state index in [4.69, 9.17) is 9.97 Å². The smallest absolute Gasteiger partial charge is 0.186 e. The van der Waals surface area contributed by atoms with Crippen molar-refractivity contribution in [3.05, 3.63) is 21.1 Å². The predicted octanol–water partition coefficient (Wildman–Crippen LogP) is 11.9. The van der Waals surface area contributed by atoms with Crippen LogP contribution in [0.2, 0.25) is 0 Å². The maximum atomic E-state index is 11.8. The molecule has 0 aliphatic heterocycles. The molecule has 6 nitrogen and oxygen atoms in total. The summed E-state index contributed by atoms with van der Waals surface area (Å²) in [5.74, 6) is 1.24. The van der Waals surface area contributed by atoms with Gasteiger partial charge < -0.3 is 9.80 Å². The van der Waals surface area contributed by atoms with Gasteiger partial charge in [-0.25, -0.2) is 9.97 Å². The largest absolute Gasteiger partial charge is 0.348 e. The molecular formula is C40H70N4O2S2. The van der Waals surface area contributed by atoms with Gasteiger partial charge in [-0.2, -0.15) is 0 Å². The van der Waals surface area contributed by atoms with E-state index >= 15 is 0 Å². The van der Waals surface area contributed by atoms with Gasteiger partial charge in [-0.05, 0) is 43.9 Å². The molecule has 0 amide bonds. The Kier molecular flexibility index (Phi) is 18.9. The van der Waals surface area contributed by atoms with E-state index in [2.05, 4.69) is 79.0 Å². The molecule has 1 aliphatic rings. The summed E-state index contributed by atoms with van der Waals surface area (Å²) in [6, 6.07) is 0. The van der Waals surface area contributed by atoms with Crippen molar-refractivity contribution in [3.8, 4) is 0 Å². The first-order valence-electron chi connectivity index (χ1n) is 19.3. The van der Waals surface area contributed by atoms with Gasteiger partial charge >= 0.3 is 0 Å². The second-order valence-electron chi connectivity index (χ2n) is 15.5. The summed E-state index contributed by atoms with van der Waals surface area (Å²) in [6.07, 6.45) is 19.4. The molecule has 0 saturated heterocycles. The Bertz CT molecular complexity index is 1180. The number of hydrogen-bond acceptors (Lipinski definition) is 8. The lowest BCUT2D eigenvalue weighted by Gasteiger charge is -2.31. The second kappa shape index (κ2) is 21.4. The van der Waals surface area contributed by atoms with Gasteiger partial charge in [0.1, 0.15) is 0 Å². The lowest BCUT2D eigenvalue weighted by atomic mass is 9.74. The molecule has 3 rings (SSSR count). The van der Waals surface area contributed by atoms with Gasteiger partial charge in [-0.1, -0.05) is 150 Å². The van der Waals surface area contributed by atoms with Gasteiger partial charge in [0.05, 0.1) is 21.1 Å². The summed E-state index contributed by atoms with van der Waals surface area (Å²) in [5.41, 5.74) is 1.91. The molecule has 2 heterocycles. The number of anilines is 2. The van der Waals surface area contributed by atoms with E-state index in [1.807, 2.05) is 0 Å². The molecule has 0 aromatic carbocycles. The molecule has 0 radical (unpaired) electrons. The van der Waals surface area contributed by atoms with Crippen molar-refractivity contribution in [1.82, 2.24) is 9.97 Å². The fraction of sp³-hybridized carbons (Fsp3) is 0.800. The second-order valence-corrected chi connectivity index (χ2v) is 17.5. The van der Waals surface area contributed by atoms with Crippen LogP contribution in [-0.2, 0) is 10.8 Å². The molecule has 2 aromatic heterocycles. The Morgan fingerprint density at radius 2 is 1.08 bits per heavy atom. The number of hydrogen-bond donors (Lipinski definition) is 0. The zero-order chi connectivity index (χ0) is 35.7. The normalized spacial score (nSPS) is 14.1. The average Bonchev–Trinajstić information content (AvgIpc) is 3.71. The van der Waals surface area contributed by atoms with Crippen LogP contribution in [0.5, 0.6) is 0 Å². The van der Waals surface area contributed by atoms with E-state index in [-0.39, 0.29) is 10.8 Å². The lowest BCUT2D eigenvalue weighted by Crippen LogP contribution is -2.28. The molecule has 0 spiro atoms. The van der Waals surface area contributed by atoms with Crippen molar-refractivity contribution in [2.24, 2.45) is 11.8 Å². The van der Waals surface area contributed by atoms with Crippen LogP contribution in [0.4, 0.5) is 10.3 Å². The Morgan fingerprint density at radius 3 is 1.46 bits per heavy atom. The Morgan fingerprint density at radius 1 is 0.688 bits per heavy atom. The quantitative estimate of drug-likeness (QED) is 0.121. The van der Waals surface area contributed by atoms with E-state index in [0.29, 0.717) is 5.92 Å². The van der Waals surface area contributed by atoms with Crippen molar-refractivity contribution < 1.29 is 9.59 Å². The van der Waals surface area contributed by atoms with Gasteiger partial charge in [0, 0.05) is 37.0 Å². The third-order valence-electron chi connectivity index (χ3n) is 10.4. The molecule has 48 heavy (non-hydrogen) atoms. The average molecular weight is 703 g/mol. The molecule has 1 saturated carbocycles. The summed E-state index contributed by atoms with van der Waals surface area (Å²) in [7, 11) is 0. The number of nitrogens with zero attached hydrogens (tertiary/aromatic N) is 4. The third kappa shape index (κ3) is 12.5. The summed E-state index contributed by atoms with van der Waals surface area (Å²) in [5, 5.41) is 2.08. The van der Waals surface area contributed by atoms with Crippen LogP contribution in [0, 0.1) is 11.8 Å². The predicted molar refractivity (Wildman–Crippen MR) is 211 cm³/mol. The van der Waals surface area contributed by atoms with Crippen molar-refractivity contribution in [2.75, 3.05) is 36.0 Å². The van der Waals surface area contributed by atoms with E-state index in [0.717, 1.165) is 82.5 Å². The van der Waals surface area contributed by atoms with Gasteiger partial charge in [0.2, 0.25) is 0 Å². The molecule has 274 valence electrons. The van der Waals surface area contributed by atoms with Crippen molar-refractivity contribution >= 4 is 45.5 Å². The van der Waals surface area contributed by atoms with Crippen LogP contribution in [0.1, 0.15) is 190 Å². The van der Waals surface area contributed by atoms with Gasteiger partial charge in [0.15, 0.2) is 22.8 Å². The van der Waals surface area contributed by atoms with Crippen LogP contribution in [0.3, 0.4) is 0 Å².